The lowest BCUT2D eigenvalue weighted by molar-refractivity contribution is -0.140. The Labute approximate surface area is 111 Å². The lowest BCUT2D eigenvalue weighted by atomic mass is 10.0. The van der Waals surface area contributed by atoms with E-state index < -0.39 is 11.4 Å². The van der Waals surface area contributed by atoms with E-state index in [0.717, 1.165) is 22.5 Å². The molecule has 0 unspecified atom stereocenters. The lowest BCUT2D eigenvalue weighted by Crippen LogP contribution is -2.21. The molecule has 2 aromatic rings. The zero-order chi connectivity index (χ0) is 13.6. The minimum atomic E-state index is -0.780. The molecular weight excluding hydrogens is 240 g/mol. The highest BCUT2D eigenvalue weighted by Gasteiger charge is 2.54. The average Bonchev–Trinajstić information content (AvgIpc) is 3.10. The Kier molecular flexibility index (Phi) is 2.49. The van der Waals surface area contributed by atoms with Crippen LogP contribution in [0.4, 0.5) is 0 Å². The van der Waals surface area contributed by atoms with Crippen LogP contribution in [0.2, 0.25) is 0 Å². The highest BCUT2D eigenvalue weighted by Crippen LogP contribution is 2.47. The number of nitrogens with one attached hydrogen (secondary N) is 1. The zero-order valence-electron chi connectivity index (χ0n) is 11.0. The lowest BCUT2D eigenvalue weighted by Gasteiger charge is -2.05. The molecule has 1 fully saturated rings. The fourth-order valence-electron chi connectivity index (χ4n) is 2.46. The first-order valence-electron chi connectivity index (χ1n) is 6.41. The second-order valence-electron chi connectivity index (χ2n) is 5.26. The van der Waals surface area contributed by atoms with Crippen molar-refractivity contribution in [3.8, 4) is 11.3 Å². The van der Waals surface area contributed by atoms with Crippen molar-refractivity contribution in [2.45, 2.75) is 32.1 Å². The Bertz CT molecular complexity index is 654. The summed E-state index contributed by atoms with van der Waals surface area (Å²) in [7, 11) is 0. The van der Waals surface area contributed by atoms with Gasteiger partial charge < -0.3 is 10.1 Å². The summed E-state index contributed by atoms with van der Waals surface area (Å²) < 4.78 is 0. The van der Waals surface area contributed by atoms with Crippen LogP contribution in [-0.2, 0) is 10.2 Å². The van der Waals surface area contributed by atoms with Crippen molar-refractivity contribution in [2.24, 2.45) is 0 Å². The molecule has 1 aliphatic rings. The van der Waals surface area contributed by atoms with E-state index in [0.29, 0.717) is 18.7 Å². The fourth-order valence-corrected chi connectivity index (χ4v) is 2.46. The number of nitrogens with zero attached hydrogens (tertiary/aromatic N) is 1. The molecule has 2 N–H and O–H groups in total. The molecule has 1 saturated carbocycles. The summed E-state index contributed by atoms with van der Waals surface area (Å²) in [6, 6.07) is 8.01. The van der Waals surface area contributed by atoms with Crippen LogP contribution in [-0.4, -0.2) is 21.0 Å². The molecule has 0 amide bonds. The first kappa shape index (κ1) is 12.0. The van der Waals surface area contributed by atoms with Gasteiger partial charge in [0.15, 0.2) is 0 Å². The first-order chi connectivity index (χ1) is 9.04. The number of H-pyrrole nitrogens is 1. The van der Waals surface area contributed by atoms with E-state index >= 15 is 0 Å². The van der Waals surface area contributed by atoms with Crippen LogP contribution in [0.3, 0.4) is 0 Å². The van der Waals surface area contributed by atoms with Gasteiger partial charge in [-0.25, -0.2) is 4.98 Å². The van der Waals surface area contributed by atoms with E-state index in [4.69, 9.17) is 0 Å². The van der Waals surface area contributed by atoms with Gasteiger partial charge in [0.2, 0.25) is 0 Å². The summed E-state index contributed by atoms with van der Waals surface area (Å²) in [5, 5.41) is 9.32. The quantitative estimate of drug-likeness (QED) is 0.887. The summed E-state index contributed by atoms with van der Waals surface area (Å²) in [5.74, 6) is -0.187. The number of aliphatic carboxylic acids is 1. The number of imidazole rings is 1. The van der Waals surface area contributed by atoms with Crippen molar-refractivity contribution in [1.29, 1.82) is 0 Å². The normalized spacial score (nSPS) is 16.3. The average molecular weight is 256 g/mol. The van der Waals surface area contributed by atoms with Crippen LogP contribution in [0, 0.1) is 13.8 Å². The zero-order valence-corrected chi connectivity index (χ0v) is 11.0. The summed E-state index contributed by atoms with van der Waals surface area (Å²) in [4.78, 5) is 19.1. The Balaban J connectivity index is 2.09. The van der Waals surface area contributed by atoms with Crippen LogP contribution in [0.5, 0.6) is 0 Å². The molecule has 3 rings (SSSR count). The second-order valence-corrected chi connectivity index (χ2v) is 5.26. The minimum absolute atomic E-state index is 0.593. The molecule has 4 heteroatoms. The predicted octanol–water partition coefficient (Wildman–Crippen LogP) is 2.81. The van der Waals surface area contributed by atoms with Gasteiger partial charge in [-0.15, -0.1) is 0 Å². The minimum Gasteiger partial charge on any atom is -0.480 e. The molecule has 1 heterocycles. The van der Waals surface area contributed by atoms with Gasteiger partial charge >= 0.3 is 5.97 Å². The molecule has 0 aliphatic heterocycles. The Morgan fingerprint density at radius 2 is 2.00 bits per heavy atom. The van der Waals surface area contributed by atoms with Crippen LogP contribution in [0.1, 0.15) is 29.9 Å². The largest absolute Gasteiger partial charge is 0.480 e. The predicted molar refractivity (Wildman–Crippen MR) is 72.0 cm³/mol. The SMILES string of the molecule is Cc1ccccc1-c1nc(C2(C(=O)O)CC2)[nH]c1C. The summed E-state index contributed by atoms with van der Waals surface area (Å²) in [6.45, 7) is 3.98. The number of hydrogen-bond acceptors (Lipinski definition) is 2. The smallest absolute Gasteiger partial charge is 0.317 e. The molecule has 0 spiro atoms. The molecule has 0 bridgehead atoms. The standard InChI is InChI=1S/C15H16N2O2/c1-9-5-3-4-6-11(9)12-10(2)16-13(17-12)15(7-8-15)14(18)19/h3-6H,7-8H2,1-2H3,(H,16,17)(H,18,19). The molecular formula is C15H16N2O2. The molecule has 98 valence electrons. The number of aryl methyl sites for hydroxylation is 2. The summed E-state index contributed by atoms with van der Waals surface area (Å²) in [6.07, 6.45) is 1.34. The van der Waals surface area contributed by atoms with Gasteiger partial charge in [0.05, 0.1) is 5.69 Å². The Morgan fingerprint density at radius 3 is 2.58 bits per heavy atom. The second kappa shape index (κ2) is 3.95. The van der Waals surface area contributed by atoms with Gasteiger partial charge in [-0.05, 0) is 32.3 Å². The van der Waals surface area contributed by atoms with Gasteiger partial charge in [0, 0.05) is 11.3 Å². The number of carboxylic acids is 1. The Morgan fingerprint density at radius 1 is 1.32 bits per heavy atom. The van der Waals surface area contributed by atoms with Crippen molar-refractivity contribution < 1.29 is 9.90 Å². The summed E-state index contributed by atoms with van der Waals surface area (Å²) in [5.41, 5.74) is 3.22. The number of rotatable bonds is 3. The fraction of sp³-hybridized carbons (Fsp3) is 0.333. The van der Waals surface area contributed by atoms with E-state index in [9.17, 15) is 9.90 Å². The van der Waals surface area contributed by atoms with Gasteiger partial charge in [-0.2, -0.15) is 0 Å². The van der Waals surface area contributed by atoms with Crippen molar-refractivity contribution in [2.75, 3.05) is 0 Å². The van der Waals surface area contributed by atoms with Crippen molar-refractivity contribution in [3.05, 3.63) is 41.3 Å². The van der Waals surface area contributed by atoms with Gasteiger partial charge in [0.1, 0.15) is 11.2 Å². The van der Waals surface area contributed by atoms with Crippen LogP contribution in [0.15, 0.2) is 24.3 Å². The molecule has 1 aliphatic carbocycles. The Hall–Kier alpha value is -2.10. The molecule has 4 nitrogen and oxygen atoms in total. The number of aromatic amines is 1. The van der Waals surface area contributed by atoms with Crippen molar-refractivity contribution in [1.82, 2.24) is 9.97 Å². The number of hydrogen-bond donors (Lipinski definition) is 2. The van der Waals surface area contributed by atoms with Crippen molar-refractivity contribution >= 4 is 5.97 Å². The third-order valence-electron chi connectivity index (χ3n) is 3.90. The van der Waals surface area contributed by atoms with E-state index in [2.05, 4.69) is 9.97 Å². The molecule has 19 heavy (non-hydrogen) atoms. The molecule has 0 saturated heterocycles. The van der Waals surface area contributed by atoms with E-state index in [1.165, 1.54) is 0 Å². The number of carboxylic acid groups (broad SMARTS) is 1. The topological polar surface area (TPSA) is 66.0 Å². The molecule has 0 atom stereocenters. The molecule has 1 aromatic heterocycles. The monoisotopic (exact) mass is 256 g/mol. The molecule has 0 radical (unpaired) electrons. The van der Waals surface area contributed by atoms with Crippen LogP contribution < -0.4 is 0 Å². The maximum Gasteiger partial charge on any atom is 0.317 e. The van der Waals surface area contributed by atoms with Crippen molar-refractivity contribution in [3.63, 3.8) is 0 Å². The van der Waals surface area contributed by atoms with E-state index in [1.807, 2.05) is 38.1 Å². The van der Waals surface area contributed by atoms with Crippen LogP contribution >= 0.6 is 0 Å². The summed E-state index contributed by atoms with van der Waals surface area (Å²) >= 11 is 0. The molecule has 1 aromatic carbocycles. The van der Waals surface area contributed by atoms with Gasteiger partial charge in [0.25, 0.3) is 0 Å². The number of benzene rings is 1. The highest BCUT2D eigenvalue weighted by molar-refractivity contribution is 5.84. The van der Waals surface area contributed by atoms with Gasteiger partial charge in [-0.1, -0.05) is 24.3 Å². The van der Waals surface area contributed by atoms with Crippen LogP contribution in [0.25, 0.3) is 11.3 Å². The number of carbonyl (C=O) groups is 1. The van der Waals surface area contributed by atoms with E-state index in [1.54, 1.807) is 0 Å². The third-order valence-corrected chi connectivity index (χ3v) is 3.90. The first-order valence-corrected chi connectivity index (χ1v) is 6.41. The van der Waals surface area contributed by atoms with E-state index in [-0.39, 0.29) is 0 Å². The van der Waals surface area contributed by atoms with Gasteiger partial charge in [-0.3, -0.25) is 4.79 Å². The highest BCUT2D eigenvalue weighted by atomic mass is 16.4. The third kappa shape index (κ3) is 1.75. The number of aromatic nitrogens is 2. The maximum atomic E-state index is 11.3. The maximum absolute atomic E-state index is 11.3.